The first-order chi connectivity index (χ1) is 15.6. The number of aryl methyl sites for hydroxylation is 1. The van der Waals surface area contributed by atoms with E-state index in [1.165, 1.54) is 5.56 Å². The summed E-state index contributed by atoms with van der Waals surface area (Å²) in [6, 6.07) is 13.9. The summed E-state index contributed by atoms with van der Waals surface area (Å²) >= 11 is 0. The Balaban J connectivity index is 1.42. The average Bonchev–Trinajstić information content (AvgIpc) is 3.39. The Morgan fingerprint density at radius 3 is 2.56 bits per heavy atom. The third-order valence-corrected chi connectivity index (χ3v) is 5.22. The van der Waals surface area contributed by atoms with Gasteiger partial charge in [0.05, 0.1) is 13.7 Å². The Labute approximate surface area is 186 Å². The third kappa shape index (κ3) is 5.02. The zero-order valence-electron chi connectivity index (χ0n) is 18.5. The van der Waals surface area contributed by atoms with Gasteiger partial charge in [-0.15, -0.1) is 20.4 Å². The molecule has 0 saturated heterocycles. The van der Waals surface area contributed by atoms with Gasteiger partial charge in [0.1, 0.15) is 18.1 Å². The topological polar surface area (TPSA) is 107 Å². The van der Waals surface area contributed by atoms with Crippen LogP contribution >= 0.6 is 0 Å². The first-order valence-electron chi connectivity index (χ1n) is 10.4. The summed E-state index contributed by atoms with van der Waals surface area (Å²) in [4.78, 5) is 4.70. The number of methoxy groups -OCH3 is 1. The van der Waals surface area contributed by atoms with Crippen LogP contribution in [0, 0.1) is 6.92 Å². The van der Waals surface area contributed by atoms with E-state index in [1.54, 1.807) is 7.11 Å². The van der Waals surface area contributed by atoms with Crippen LogP contribution in [-0.4, -0.2) is 49.0 Å². The van der Waals surface area contributed by atoms with Crippen molar-refractivity contribution < 1.29 is 4.74 Å². The molecule has 0 aliphatic carbocycles. The van der Waals surface area contributed by atoms with Crippen LogP contribution in [0.5, 0.6) is 5.75 Å². The number of nitrogens with zero attached hydrogens (tertiary/aromatic N) is 7. The molecule has 1 aromatic carbocycles. The molecule has 0 atom stereocenters. The summed E-state index contributed by atoms with van der Waals surface area (Å²) in [5.74, 6) is 3.98. The lowest BCUT2D eigenvalue weighted by atomic mass is 10.1. The lowest BCUT2D eigenvalue weighted by Crippen LogP contribution is -2.38. The van der Waals surface area contributed by atoms with Gasteiger partial charge in [0.15, 0.2) is 23.3 Å². The molecule has 3 heterocycles. The minimum atomic E-state index is 0.412. The second-order valence-electron chi connectivity index (χ2n) is 7.31. The van der Waals surface area contributed by atoms with E-state index in [0.717, 1.165) is 41.8 Å². The number of hydrogen-bond acceptors (Lipinski definition) is 6. The molecular weight excluding hydrogens is 406 g/mol. The molecule has 0 saturated carbocycles. The highest BCUT2D eigenvalue weighted by Gasteiger charge is 2.08. The van der Waals surface area contributed by atoms with Crippen LogP contribution < -0.4 is 15.4 Å². The summed E-state index contributed by atoms with van der Waals surface area (Å²) in [5, 5.41) is 23.5. The zero-order chi connectivity index (χ0) is 22.3. The highest BCUT2D eigenvalue weighted by atomic mass is 16.5. The molecule has 10 nitrogen and oxygen atoms in total. The number of guanidine groups is 1. The number of pyridine rings is 1. The van der Waals surface area contributed by atoms with Gasteiger partial charge >= 0.3 is 0 Å². The number of aliphatic imine (C=N–C) groups is 1. The van der Waals surface area contributed by atoms with Gasteiger partial charge in [-0.2, -0.15) is 0 Å². The van der Waals surface area contributed by atoms with Gasteiger partial charge in [-0.1, -0.05) is 18.2 Å². The molecule has 3 aromatic heterocycles. The van der Waals surface area contributed by atoms with Crippen LogP contribution in [0.1, 0.15) is 23.0 Å². The second-order valence-corrected chi connectivity index (χ2v) is 7.31. The predicted molar refractivity (Wildman–Crippen MR) is 121 cm³/mol. The molecule has 166 valence electrons. The molecule has 0 spiro atoms. The normalized spacial score (nSPS) is 11.7. The van der Waals surface area contributed by atoms with Crippen molar-refractivity contribution in [2.45, 2.75) is 26.4 Å². The molecule has 2 N–H and O–H groups in total. The molecule has 0 aliphatic rings. The van der Waals surface area contributed by atoms with Crippen LogP contribution in [0.4, 0.5) is 0 Å². The molecule has 0 amide bonds. The standard InChI is InChI=1S/C22H27N9O/c1-16-26-28-20(30(16)2)14-24-22(23-12-11-17-7-9-18(32-3)10-8-17)25-15-21-29-27-19-6-4-5-13-31(19)21/h4-10,13H,11-12,14-15H2,1-3H3,(H2,23,24,25). The molecule has 32 heavy (non-hydrogen) atoms. The average molecular weight is 434 g/mol. The number of rotatable bonds is 8. The van der Waals surface area contributed by atoms with E-state index >= 15 is 0 Å². The van der Waals surface area contributed by atoms with Gasteiger partial charge in [-0.25, -0.2) is 4.99 Å². The maximum Gasteiger partial charge on any atom is 0.192 e. The van der Waals surface area contributed by atoms with Gasteiger partial charge < -0.3 is 19.9 Å². The summed E-state index contributed by atoms with van der Waals surface area (Å²) in [5.41, 5.74) is 2.02. The number of nitrogens with one attached hydrogen (secondary N) is 2. The Kier molecular flexibility index (Phi) is 6.59. The number of ether oxygens (including phenoxy) is 1. The summed E-state index contributed by atoms with van der Waals surface area (Å²) in [7, 11) is 3.61. The molecule has 0 aliphatic heterocycles. The van der Waals surface area contributed by atoms with Crippen molar-refractivity contribution in [2.24, 2.45) is 12.0 Å². The lowest BCUT2D eigenvalue weighted by molar-refractivity contribution is 0.414. The zero-order valence-corrected chi connectivity index (χ0v) is 18.5. The summed E-state index contributed by atoms with van der Waals surface area (Å²) < 4.78 is 9.11. The minimum Gasteiger partial charge on any atom is -0.497 e. The monoisotopic (exact) mass is 433 g/mol. The van der Waals surface area contributed by atoms with Crippen molar-refractivity contribution in [1.29, 1.82) is 0 Å². The van der Waals surface area contributed by atoms with Crippen molar-refractivity contribution in [3.05, 3.63) is 71.7 Å². The van der Waals surface area contributed by atoms with E-state index in [2.05, 4.69) is 43.2 Å². The Morgan fingerprint density at radius 2 is 1.81 bits per heavy atom. The number of benzene rings is 1. The van der Waals surface area contributed by atoms with Crippen molar-refractivity contribution >= 4 is 11.6 Å². The first kappa shape index (κ1) is 21.3. The Bertz CT molecular complexity index is 1190. The van der Waals surface area contributed by atoms with Crippen LogP contribution in [0.25, 0.3) is 5.65 Å². The molecule has 10 heteroatoms. The lowest BCUT2D eigenvalue weighted by Gasteiger charge is -2.12. The number of fused-ring (bicyclic) bond motifs is 1. The van der Waals surface area contributed by atoms with Crippen LogP contribution in [0.3, 0.4) is 0 Å². The summed E-state index contributed by atoms with van der Waals surface area (Å²) in [6.45, 7) is 3.53. The largest absolute Gasteiger partial charge is 0.497 e. The highest BCUT2D eigenvalue weighted by Crippen LogP contribution is 2.11. The van der Waals surface area contributed by atoms with E-state index in [4.69, 9.17) is 9.73 Å². The van der Waals surface area contributed by atoms with E-state index in [1.807, 2.05) is 59.5 Å². The third-order valence-electron chi connectivity index (χ3n) is 5.22. The smallest absolute Gasteiger partial charge is 0.192 e. The van der Waals surface area contributed by atoms with Gasteiger partial charge in [-0.3, -0.25) is 4.40 Å². The maximum atomic E-state index is 5.22. The molecular formula is C22H27N9O. The molecule has 4 aromatic rings. The number of aromatic nitrogens is 6. The fraction of sp³-hybridized carbons (Fsp3) is 0.318. The van der Waals surface area contributed by atoms with Crippen molar-refractivity contribution in [2.75, 3.05) is 13.7 Å². The van der Waals surface area contributed by atoms with E-state index < -0.39 is 0 Å². The van der Waals surface area contributed by atoms with Crippen molar-refractivity contribution in [1.82, 2.24) is 40.0 Å². The van der Waals surface area contributed by atoms with Crippen molar-refractivity contribution in [3.63, 3.8) is 0 Å². The first-order valence-corrected chi connectivity index (χ1v) is 10.4. The fourth-order valence-corrected chi connectivity index (χ4v) is 3.20. The van der Waals surface area contributed by atoms with Gasteiger partial charge in [0.2, 0.25) is 0 Å². The van der Waals surface area contributed by atoms with Crippen LogP contribution in [0.2, 0.25) is 0 Å². The Hall–Kier alpha value is -3.95. The predicted octanol–water partition coefficient (Wildman–Crippen LogP) is 1.65. The quantitative estimate of drug-likeness (QED) is 0.321. The molecule has 0 radical (unpaired) electrons. The fourth-order valence-electron chi connectivity index (χ4n) is 3.20. The molecule has 0 unspecified atom stereocenters. The molecule has 4 rings (SSSR count). The Morgan fingerprint density at radius 1 is 1.00 bits per heavy atom. The number of hydrogen-bond donors (Lipinski definition) is 2. The molecule has 0 fully saturated rings. The van der Waals surface area contributed by atoms with Crippen LogP contribution in [0.15, 0.2) is 53.7 Å². The molecule has 0 bridgehead atoms. The minimum absolute atomic E-state index is 0.412. The van der Waals surface area contributed by atoms with Crippen molar-refractivity contribution in [3.8, 4) is 5.75 Å². The highest BCUT2D eigenvalue weighted by molar-refractivity contribution is 5.79. The van der Waals surface area contributed by atoms with Gasteiger partial charge in [-0.05, 0) is 43.2 Å². The van der Waals surface area contributed by atoms with E-state index in [0.29, 0.717) is 19.0 Å². The van der Waals surface area contributed by atoms with Gasteiger partial charge in [0.25, 0.3) is 0 Å². The van der Waals surface area contributed by atoms with E-state index in [9.17, 15) is 0 Å². The van der Waals surface area contributed by atoms with Gasteiger partial charge in [0, 0.05) is 19.8 Å². The van der Waals surface area contributed by atoms with Crippen LogP contribution in [-0.2, 0) is 26.6 Å². The SMILES string of the molecule is COc1ccc(CCNC(=NCc2nnc(C)n2C)NCc2nnc3ccccn23)cc1. The van der Waals surface area contributed by atoms with E-state index in [-0.39, 0.29) is 0 Å². The maximum absolute atomic E-state index is 5.22. The second kappa shape index (κ2) is 9.90. The summed E-state index contributed by atoms with van der Waals surface area (Å²) in [6.07, 6.45) is 2.80.